The van der Waals surface area contributed by atoms with Crippen molar-refractivity contribution in [3.8, 4) is 0 Å². The zero-order valence-corrected chi connectivity index (χ0v) is 23.9. The van der Waals surface area contributed by atoms with Crippen molar-refractivity contribution in [1.82, 2.24) is 40.2 Å². The monoisotopic (exact) mass is 644 g/mol. The topological polar surface area (TPSA) is 119 Å². The molecule has 3 aromatic heterocycles. The molecular weight excluding hydrogens is 613 g/mol. The van der Waals surface area contributed by atoms with Crippen LogP contribution in [0.15, 0.2) is 18.5 Å². The molecule has 0 aliphatic heterocycles. The van der Waals surface area contributed by atoms with Gasteiger partial charge in [0.2, 0.25) is 11.8 Å². The molecule has 0 radical (unpaired) electrons. The summed E-state index contributed by atoms with van der Waals surface area (Å²) >= 11 is 0. The first-order valence-electron chi connectivity index (χ1n) is 14.9. The molecule has 0 spiro atoms. The number of imidazole rings is 1. The van der Waals surface area contributed by atoms with E-state index in [0.717, 1.165) is 17.5 Å². The van der Waals surface area contributed by atoms with Crippen LogP contribution < -0.4 is 10.6 Å². The maximum absolute atomic E-state index is 14.0. The Morgan fingerprint density at radius 3 is 2.31 bits per heavy atom. The van der Waals surface area contributed by atoms with E-state index in [-0.39, 0.29) is 36.1 Å². The molecule has 0 bridgehead atoms. The van der Waals surface area contributed by atoms with E-state index in [1.165, 1.54) is 16.9 Å². The number of halogens is 7. The van der Waals surface area contributed by atoms with E-state index in [0.29, 0.717) is 18.4 Å². The Morgan fingerprint density at radius 1 is 1.00 bits per heavy atom. The summed E-state index contributed by atoms with van der Waals surface area (Å²) in [5.41, 5.74) is -0.0762. The van der Waals surface area contributed by atoms with Gasteiger partial charge in [0, 0.05) is 19.3 Å². The second kappa shape index (κ2) is 11.9. The van der Waals surface area contributed by atoms with Crippen LogP contribution >= 0.6 is 0 Å². The lowest BCUT2D eigenvalue weighted by atomic mass is 9.81. The van der Waals surface area contributed by atoms with Gasteiger partial charge in [0.05, 0.1) is 42.6 Å². The van der Waals surface area contributed by atoms with E-state index in [9.17, 15) is 40.3 Å². The molecule has 45 heavy (non-hydrogen) atoms. The summed E-state index contributed by atoms with van der Waals surface area (Å²) in [7, 11) is 0. The third-order valence-corrected chi connectivity index (χ3v) is 8.65. The van der Waals surface area contributed by atoms with E-state index >= 15 is 0 Å². The maximum atomic E-state index is 14.0. The zero-order chi connectivity index (χ0) is 32.1. The van der Waals surface area contributed by atoms with Crippen LogP contribution in [0.4, 0.5) is 30.7 Å². The van der Waals surface area contributed by atoms with Gasteiger partial charge in [-0.1, -0.05) is 5.21 Å². The van der Waals surface area contributed by atoms with Gasteiger partial charge in [0.25, 0.3) is 12.3 Å². The highest BCUT2D eigenvalue weighted by molar-refractivity contribution is 5.93. The second-order valence-corrected chi connectivity index (χ2v) is 12.2. The van der Waals surface area contributed by atoms with Gasteiger partial charge in [0.15, 0.2) is 11.3 Å². The molecule has 3 aliphatic carbocycles. The minimum Gasteiger partial charge on any atom is -0.349 e. The summed E-state index contributed by atoms with van der Waals surface area (Å²) in [5, 5.41) is 17.2. The van der Waals surface area contributed by atoms with Crippen LogP contribution in [-0.2, 0) is 4.79 Å². The molecule has 3 aliphatic rings. The number of carbonyl (C=O) groups is 2. The van der Waals surface area contributed by atoms with Crippen molar-refractivity contribution < 1.29 is 40.3 Å². The van der Waals surface area contributed by atoms with Gasteiger partial charge in [-0.15, -0.1) is 5.10 Å². The molecule has 17 heteroatoms. The lowest BCUT2D eigenvalue weighted by Crippen LogP contribution is -2.38. The van der Waals surface area contributed by atoms with Crippen LogP contribution in [0.2, 0.25) is 0 Å². The number of amides is 2. The fourth-order valence-electron chi connectivity index (χ4n) is 5.93. The molecule has 0 unspecified atom stereocenters. The summed E-state index contributed by atoms with van der Waals surface area (Å²) in [6, 6.07) is -0.168. The van der Waals surface area contributed by atoms with Gasteiger partial charge < -0.3 is 10.6 Å². The number of carbonyl (C=O) groups excluding carboxylic acids is 2. The number of aromatic nitrogens is 6. The first-order valence-corrected chi connectivity index (χ1v) is 14.9. The standard InChI is InChI=1S/C28H31F7N8O2/c29-25(30)24-23(40-41-43(24)17-3-4-17)26(45)39-22(15-5-8-27(31,32)9-6-15)18-13-42-19(37-18)11-16(12-36-42)21(14-1-2-14)38-20(44)7-10-28(33,34)35/h11-15,17,21-22,25H,1-10H2,(H,38,44)(H,39,45)/t21-,22+/m1/s1. The van der Waals surface area contributed by atoms with Crippen LogP contribution in [0.5, 0.6) is 0 Å². The lowest BCUT2D eigenvalue weighted by molar-refractivity contribution is -0.144. The lowest BCUT2D eigenvalue weighted by Gasteiger charge is -2.33. The van der Waals surface area contributed by atoms with E-state index in [1.807, 2.05) is 0 Å². The number of nitrogens with one attached hydrogen (secondary N) is 2. The number of rotatable bonds is 11. The molecule has 244 valence electrons. The third-order valence-electron chi connectivity index (χ3n) is 8.65. The highest BCUT2D eigenvalue weighted by Gasteiger charge is 2.41. The van der Waals surface area contributed by atoms with Crippen molar-refractivity contribution >= 4 is 17.5 Å². The summed E-state index contributed by atoms with van der Waals surface area (Å²) in [5.74, 6) is -5.02. The van der Waals surface area contributed by atoms with Crippen molar-refractivity contribution in [1.29, 1.82) is 0 Å². The SMILES string of the molecule is O=C(CCC(F)(F)F)N[C@@H](c1cnn2cc([C@@H](NC(=O)c3nnn(C4CC4)c3C(F)F)C3CCC(F)(F)CC3)nc2c1)C1CC1. The molecule has 6 rings (SSSR count). The Balaban J connectivity index is 1.27. The van der Waals surface area contributed by atoms with Crippen LogP contribution in [-0.4, -0.2) is 53.5 Å². The van der Waals surface area contributed by atoms with Crippen LogP contribution in [0.1, 0.15) is 116 Å². The van der Waals surface area contributed by atoms with Crippen molar-refractivity contribution in [3.63, 3.8) is 0 Å². The number of hydrogen-bond donors (Lipinski definition) is 2. The molecule has 10 nitrogen and oxygen atoms in total. The van der Waals surface area contributed by atoms with Crippen LogP contribution in [0, 0.1) is 11.8 Å². The summed E-state index contributed by atoms with van der Waals surface area (Å²) in [6.07, 6.45) is -4.43. The molecule has 3 saturated carbocycles. The van der Waals surface area contributed by atoms with Gasteiger partial charge in [-0.25, -0.2) is 31.7 Å². The molecule has 2 atom stereocenters. The Bertz CT molecular complexity index is 1550. The summed E-state index contributed by atoms with van der Waals surface area (Å²) in [4.78, 5) is 30.3. The normalized spacial score (nSPS) is 20.4. The fourth-order valence-corrected chi connectivity index (χ4v) is 5.93. The average Bonchev–Trinajstić information content (AvgIpc) is 3.91. The van der Waals surface area contributed by atoms with Gasteiger partial charge in [0.1, 0.15) is 5.69 Å². The fraction of sp³-hybridized carbons (Fsp3) is 0.643. The number of alkyl halides is 7. The van der Waals surface area contributed by atoms with Gasteiger partial charge in [-0.3, -0.25) is 9.59 Å². The first kappa shape index (κ1) is 31.2. The molecule has 3 aromatic rings. The molecular formula is C28H31F7N8O2. The van der Waals surface area contributed by atoms with E-state index < -0.39 is 85.4 Å². The number of fused-ring (bicyclic) bond motifs is 1. The smallest absolute Gasteiger partial charge is 0.349 e. The molecule has 0 saturated heterocycles. The average molecular weight is 645 g/mol. The molecule has 3 fully saturated rings. The quantitative estimate of drug-likeness (QED) is 0.255. The zero-order valence-electron chi connectivity index (χ0n) is 23.9. The minimum atomic E-state index is -4.46. The molecule has 2 N–H and O–H groups in total. The van der Waals surface area contributed by atoms with Crippen molar-refractivity contribution in [2.24, 2.45) is 11.8 Å². The Morgan fingerprint density at radius 2 is 1.69 bits per heavy atom. The number of nitrogens with zero attached hydrogens (tertiary/aromatic N) is 6. The highest BCUT2D eigenvalue weighted by atomic mass is 19.4. The predicted octanol–water partition coefficient (Wildman–Crippen LogP) is 5.80. The van der Waals surface area contributed by atoms with Crippen molar-refractivity contribution in [2.45, 2.75) is 101 Å². The molecule has 2 amide bonds. The highest BCUT2D eigenvalue weighted by Crippen LogP contribution is 2.43. The minimum absolute atomic E-state index is 0.0162. The van der Waals surface area contributed by atoms with Crippen molar-refractivity contribution in [2.75, 3.05) is 0 Å². The largest absolute Gasteiger partial charge is 0.389 e. The molecule has 3 heterocycles. The Kier molecular flexibility index (Phi) is 8.22. The van der Waals surface area contributed by atoms with E-state index in [4.69, 9.17) is 0 Å². The number of hydrogen-bond acceptors (Lipinski definition) is 6. The second-order valence-electron chi connectivity index (χ2n) is 12.2. The predicted molar refractivity (Wildman–Crippen MR) is 142 cm³/mol. The van der Waals surface area contributed by atoms with Crippen LogP contribution in [0.25, 0.3) is 5.65 Å². The maximum Gasteiger partial charge on any atom is 0.389 e. The third kappa shape index (κ3) is 7.21. The first-order chi connectivity index (χ1) is 21.3. The molecule has 0 aromatic carbocycles. The Hall–Kier alpha value is -3.79. The summed E-state index contributed by atoms with van der Waals surface area (Å²) in [6.45, 7) is 0. The summed E-state index contributed by atoms with van der Waals surface area (Å²) < 4.78 is 96.4. The van der Waals surface area contributed by atoms with Gasteiger partial charge in [-0.05, 0) is 62.0 Å². The van der Waals surface area contributed by atoms with Gasteiger partial charge in [-0.2, -0.15) is 18.3 Å². The van der Waals surface area contributed by atoms with Crippen molar-refractivity contribution in [3.05, 3.63) is 41.1 Å². The van der Waals surface area contributed by atoms with E-state index in [1.54, 1.807) is 6.07 Å². The van der Waals surface area contributed by atoms with E-state index in [2.05, 4.69) is 31.0 Å². The van der Waals surface area contributed by atoms with Gasteiger partial charge >= 0.3 is 6.18 Å². The van der Waals surface area contributed by atoms with Crippen LogP contribution in [0.3, 0.4) is 0 Å². The Labute approximate surface area is 252 Å².